The molecule has 0 aliphatic rings. The highest BCUT2D eigenvalue weighted by Crippen LogP contribution is 1.93. The second-order valence-corrected chi connectivity index (χ2v) is 2.81. The predicted octanol–water partition coefficient (Wildman–Crippen LogP) is 0.835. The number of rotatable bonds is 4. The van der Waals surface area contributed by atoms with E-state index in [-0.39, 0.29) is 5.91 Å². The number of nitrogens with zero attached hydrogens (tertiary/aromatic N) is 2. The SMILES string of the molecule is O=C(NCCCCl)c1ccnnc1. The average Bonchev–Trinajstić information content (AvgIpc) is 2.19. The van der Waals surface area contributed by atoms with Gasteiger partial charge in [0.25, 0.3) is 5.91 Å². The van der Waals surface area contributed by atoms with Gasteiger partial charge in [-0.25, -0.2) is 0 Å². The summed E-state index contributed by atoms with van der Waals surface area (Å²) in [7, 11) is 0. The van der Waals surface area contributed by atoms with Crippen molar-refractivity contribution in [3.63, 3.8) is 0 Å². The molecule has 0 bridgehead atoms. The van der Waals surface area contributed by atoms with Crippen molar-refractivity contribution in [2.24, 2.45) is 0 Å². The molecular weight excluding hydrogens is 190 g/mol. The Hall–Kier alpha value is -1.16. The monoisotopic (exact) mass is 199 g/mol. The molecule has 1 amide bonds. The maximum absolute atomic E-state index is 11.3. The molecule has 0 aliphatic heterocycles. The second-order valence-electron chi connectivity index (χ2n) is 2.43. The van der Waals surface area contributed by atoms with Crippen LogP contribution in [0.25, 0.3) is 0 Å². The number of carbonyl (C=O) groups excluding carboxylic acids is 1. The van der Waals surface area contributed by atoms with Crippen LogP contribution in [0.2, 0.25) is 0 Å². The predicted molar refractivity (Wildman–Crippen MR) is 49.7 cm³/mol. The van der Waals surface area contributed by atoms with Gasteiger partial charge in [0, 0.05) is 12.4 Å². The molecule has 5 heteroatoms. The van der Waals surface area contributed by atoms with Gasteiger partial charge < -0.3 is 5.32 Å². The van der Waals surface area contributed by atoms with Crippen LogP contribution in [0.3, 0.4) is 0 Å². The van der Waals surface area contributed by atoms with Gasteiger partial charge >= 0.3 is 0 Å². The average molecular weight is 200 g/mol. The molecule has 0 atom stereocenters. The summed E-state index contributed by atoms with van der Waals surface area (Å²) >= 11 is 5.46. The zero-order valence-corrected chi connectivity index (χ0v) is 7.79. The summed E-state index contributed by atoms with van der Waals surface area (Å²) in [5, 5.41) is 9.88. The lowest BCUT2D eigenvalue weighted by molar-refractivity contribution is 0.0953. The molecule has 0 aromatic carbocycles. The molecule has 1 N–H and O–H groups in total. The molecule has 0 saturated carbocycles. The molecule has 0 unspecified atom stereocenters. The highest BCUT2D eigenvalue weighted by atomic mass is 35.5. The van der Waals surface area contributed by atoms with Gasteiger partial charge in [-0.2, -0.15) is 10.2 Å². The first-order valence-corrected chi connectivity index (χ1v) is 4.49. The summed E-state index contributed by atoms with van der Waals surface area (Å²) in [4.78, 5) is 11.3. The van der Waals surface area contributed by atoms with Gasteiger partial charge in [-0.1, -0.05) is 0 Å². The van der Waals surface area contributed by atoms with Crippen molar-refractivity contribution in [2.75, 3.05) is 12.4 Å². The number of carbonyl (C=O) groups is 1. The molecule has 1 aromatic rings. The van der Waals surface area contributed by atoms with Gasteiger partial charge in [0.2, 0.25) is 0 Å². The Morgan fingerprint density at radius 2 is 2.38 bits per heavy atom. The van der Waals surface area contributed by atoms with Gasteiger partial charge in [-0.15, -0.1) is 11.6 Å². The van der Waals surface area contributed by atoms with Gasteiger partial charge in [0.1, 0.15) is 0 Å². The summed E-state index contributed by atoms with van der Waals surface area (Å²) < 4.78 is 0. The zero-order valence-electron chi connectivity index (χ0n) is 7.03. The minimum Gasteiger partial charge on any atom is -0.352 e. The molecule has 0 saturated heterocycles. The highest BCUT2D eigenvalue weighted by Gasteiger charge is 2.02. The van der Waals surface area contributed by atoms with E-state index >= 15 is 0 Å². The Labute approximate surface area is 81.3 Å². The number of halogens is 1. The fourth-order valence-corrected chi connectivity index (χ4v) is 0.929. The molecule has 4 nitrogen and oxygen atoms in total. The van der Waals surface area contributed by atoms with E-state index in [0.29, 0.717) is 18.0 Å². The minimum absolute atomic E-state index is 0.139. The van der Waals surface area contributed by atoms with Crippen LogP contribution in [0.1, 0.15) is 16.8 Å². The maximum Gasteiger partial charge on any atom is 0.252 e. The van der Waals surface area contributed by atoms with Gasteiger partial charge in [-0.05, 0) is 12.5 Å². The molecule has 0 aliphatic carbocycles. The summed E-state index contributed by atoms with van der Waals surface area (Å²) in [6.07, 6.45) is 3.68. The Kier molecular flexibility index (Phi) is 4.18. The van der Waals surface area contributed by atoms with E-state index in [1.165, 1.54) is 12.4 Å². The van der Waals surface area contributed by atoms with Crippen molar-refractivity contribution in [2.45, 2.75) is 6.42 Å². The fraction of sp³-hybridized carbons (Fsp3) is 0.375. The van der Waals surface area contributed by atoms with E-state index in [4.69, 9.17) is 11.6 Å². The molecule has 1 heterocycles. The lowest BCUT2D eigenvalue weighted by Gasteiger charge is -2.01. The quantitative estimate of drug-likeness (QED) is 0.578. The van der Waals surface area contributed by atoms with Crippen molar-refractivity contribution in [3.8, 4) is 0 Å². The molecule has 13 heavy (non-hydrogen) atoms. The van der Waals surface area contributed by atoms with Crippen LogP contribution in [0.4, 0.5) is 0 Å². The van der Waals surface area contributed by atoms with Crippen molar-refractivity contribution in [1.82, 2.24) is 15.5 Å². The number of hydrogen-bond acceptors (Lipinski definition) is 3. The van der Waals surface area contributed by atoms with Crippen LogP contribution >= 0.6 is 11.6 Å². The van der Waals surface area contributed by atoms with Crippen LogP contribution in [0.5, 0.6) is 0 Å². The third kappa shape index (κ3) is 3.38. The van der Waals surface area contributed by atoms with Crippen molar-refractivity contribution >= 4 is 17.5 Å². The van der Waals surface area contributed by atoms with Gasteiger partial charge in [0.05, 0.1) is 18.0 Å². The van der Waals surface area contributed by atoms with Crippen LogP contribution in [-0.4, -0.2) is 28.5 Å². The third-order valence-electron chi connectivity index (χ3n) is 1.44. The molecule has 1 rings (SSSR count). The first-order valence-electron chi connectivity index (χ1n) is 3.95. The van der Waals surface area contributed by atoms with Crippen molar-refractivity contribution < 1.29 is 4.79 Å². The maximum atomic E-state index is 11.3. The van der Waals surface area contributed by atoms with Crippen molar-refractivity contribution in [1.29, 1.82) is 0 Å². The Morgan fingerprint density at radius 3 is 3.00 bits per heavy atom. The number of nitrogens with one attached hydrogen (secondary N) is 1. The van der Waals surface area contributed by atoms with E-state index in [9.17, 15) is 4.79 Å². The molecule has 70 valence electrons. The molecule has 0 radical (unpaired) electrons. The normalized spacial score (nSPS) is 9.62. The molecular formula is C8H10ClN3O. The van der Waals surface area contributed by atoms with E-state index < -0.39 is 0 Å². The standard InChI is InChI=1S/C8H10ClN3O/c9-3-1-4-10-8(13)7-2-5-11-12-6-7/h2,5-6H,1,3-4H2,(H,10,13). The molecule has 0 fully saturated rings. The topological polar surface area (TPSA) is 54.9 Å². The van der Waals surface area contributed by atoms with Crippen LogP contribution in [0.15, 0.2) is 18.5 Å². The smallest absolute Gasteiger partial charge is 0.252 e. The van der Waals surface area contributed by atoms with E-state index in [1.807, 2.05) is 0 Å². The fourth-order valence-electron chi connectivity index (χ4n) is 0.796. The molecule has 0 spiro atoms. The van der Waals surface area contributed by atoms with Crippen LogP contribution < -0.4 is 5.32 Å². The first kappa shape index (κ1) is 9.92. The molecule has 1 aromatic heterocycles. The van der Waals surface area contributed by atoms with Gasteiger partial charge in [0.15, 0.2) is 0 Å². The Balaban J connectivity index is 2.40. The number of amides is 1. The first-order chi connectivity index (χ1) is 6.34. The van der Waals surface area contributed by atoms with Crippen LogP contribution in [-0.2, 0) is 0 Å². The number of aromatic nitrogens is 2. The Morgan fingerprint density at radius 1 is 1.54 bits per heavy atom. The summed E-state index contributed by atoms with van der Waals surface area (Å²) in [6, 6.07) is 1.61. The summed E-state index contributed by atoms with van der Waals surface area (Å²) in [6.45, 7) is 0.588. The Bertz CT molecular complexity index is 265. The highest BCUT2D eigenvalue weighted by molar-refractivity contribution is 6.17. The minimum atomic E-state index is -0.139. The zero-order chi connectivity index (χ0) is 9.52. The summed E-state index contributed by atoms with van der Waals surface area (Å²) in [5.74, 6) is 0.412. The second kappa shape index (κ2) is 5.48. The van der Waals surface area contributed by atoms with E-state index in [2.05, 4.69) is 15.5 Å². The van der Waals surface area contributed by atoms with Crippen LogP contribution in [0, 0.1) is 0 Å². The van der Waals surface area contributed by atoms with Crippen molar-refractivity contribution in [3.05, 3.63) is 24.0 Å². The summed E-state index contributed by atoms with van der Waals surface area (Å²) in [5.41, 5.74) is 0.518. The number of hydrogen-bond donors (Lipinski definition) is 1. The van der Waals surface area contributed by atoms with E-state index in [1.54, 1.807) is 6.07 Å². The number of alkyl halides is 1. The van der Waals surface area contributed by atoms with Gasteiger partial charge in [-0.3, -0.25) is 4.79 Å². The lowest BCUT2D eigenvalue weighted by Crippen LogP contribution is -2.24. The lowest BCUT2D eigenvalue weighted by atomic mass is 10.3. The largest absolute Gasteiger partial charge is 0.352 e. The third-order valence-corrected chi connectivity index (χ3v) is 1.71. The van der Waals surface area contributed by atoms with E-state index in [0.717, 1.165) is 6.42 Å².